The molecule has 94 valence electrons. The zero-order chi connectivity index (χ0) is 13.2. The number of fused-ring (bicyclic) bond motifs is 1. The molecule has 0 aromatic heterocycles. The first-order valence-corrected chi connectivity index (χ1v) is 6.33. The number of carbonyl (C=O) groups is 1. The molecule has 2 rings (SSSR count). The second-order valence-corrected chi connectivity index (χ2v) is 5.25. The molecule has 0 bridgehead atoms. The van der Waals surface area contributed by atoms with Crippen molar-refractivity contribution in [3.63, 3.8) is 0 Å². The van der Waals surface area contributed by atoms with Crippen LogP contribution in [-0.2, 0) is 4.79 Å². The van der Waals surface area contributed by atoms with Gasteiger partial charge in [-0.25, -0.2) is 0 Å². The van der Waals surface area contributed by atoms with Crippen LogP contribution in [0.25, 0.3) is 10.8 Å². The Morgan fingerprint density at radius 3 is 2.44 bits per heavy atom. The SMILES string of the molecule is CCC(C)(C)C(=O)Nc1ccc2ccccc2c1. The predicted octanol–water partition coefficient (Wildman–Crippen LogP) is 4.21. The minimum absolute atomic E-state index is 0.0697. The van der Waals surface area contributed by atoms with Gasteiger partial charge in [-0.3, -0.25) is 4.79 Å². The normalized spacial score (nSPS) is 11.5. The third-order valence-corrected chi connectivity index (χ3v) is 3.51. The first-order chi connectivity index (χ1) is 8.53. The number of rotatable bonds is 3. The Hall–Kier alpha value is -1.83. The molecule has 0 radical (unpaired) electrons. The highest BCUT2D eigenvalue weighted by Gasteiger charge is 2.25. The molecule has 0 spiro atoms. The van der Waals surface area contributed by atoms with Crippen LogP contribution in [0, 0.1) is 5.41 Å². The lowest BCUT2D eigenvalue weighted by Crippen LogP contribution is -2.29. The lowest BCUT2D eigenvalue weighted by molar-refractivity contribution is -0.124. The largest absolute Gasteiger partial charge is 0.326 e. The average molecular weight is 241 g/mol. The van der Waals surface area contributed by atoms with E-state index in [2.05, 4.69) is 17.4 Å². The molecule has 1 N–H and O–H groups in total. The molecule has 0 aliphatic heterocycles. The number of benzene rings is 2. The molecular formula is C16H19NO. The summed E-state index contributed by atoms with van der Waals surface area (Å²) < 4.78 is 0. The van der Waals surface area contributed by atoms with Crippen LogP contribution >= 0.6 is 0 Å². The van der Waals surface area contributed by atoms with Gasteiger partial charge in [0.25, 0.3) is 0 Å². The fourth-order valence-electron chi connectivity index (χ4n) is 1.73. The van der Waals surface area contributed by atoms with Gasteiger partial charge in [-0.05, 0) is 29.3 Å². The zero-order valence-electron chi connectivity index (χ0n) is 11.2. The molecular weight excluding hydrogens is 222 g/mol. The molecule has 2 heteroatoms. The van der Waals surface area contributed by atoms with Crippen LogP contribution in [-0.4, -0.2) is 5.91 Å². The lowest BCUT2D eigenvalue weighted by Gasteiger charge is -2.21. The van der Waals surface area contributed by atoms with Crippen LogP contribution in [0.4, 0.5) is 5.69 Å². The monoisotopic (exact) mass is 241 g/mol. The number of hydrogen-bond acceptors (Lipinski definition) is 1. The van der Waals surface area contributed by atoms with E-state index in [0.29, 0.717) is 0 Å². The Balaban J connectivity index is 2.25. The summed E-state index contributed by atoms with van der Waals surface area (Å²) in [6.07, 6.45) is 0.826. The van der Waals surface area contributed by atoms with Crippen molar-refractivity contribution in [2.24, 2.45) is 5.41 Å². The first-order valence-electron chi connectivity index (χ1n) is 6.33. The Morgan fingerprint density at radius 2 is 1.78 bits per heavy atom. The third kappa shape index (κ3) is 2.53. The molecule has 0 saturated carbocycles. The highest BCUT2D eigenvalue weighted by molar-refractivity contribution is 5.97. The van der Waals surface area contributed by atoms with E-state index in [4.69, 9.17) is 0 Å². The van der Waals surface area contributed by atoms with E-state index in [0.717, 1.165) is 17.5 Å². The van der Waals surface area contributed by atoms with E-state index >= 15 is 0 Å². The number of carbonyl (C=O) groups excluding carboxylic acids is 1. The standard InChI is InChI=1S/C16H19NO/c1-4-16(2,3)15(18)17-14-10-9-12-7-5-6-8-13(12)11-14/h5-11H,4H2,1-3H3,(H,17,18). The summed E-state index contributed by atoms with van der Waals surface area (Å²) in [4.78, 5) is 12.1. The number of anilines is 1. The lowest BCUT2D eigenvalue weighted by atomic mass is 9.89. The third-order valence-electron chi connectivity index (χ3n) is 3.51. The van der Waals surface area contributed by atoms with Crippen molar-refractivity contribution in [1.29, 1.82) is 0 Å². The quantitative estimate of drug-likeness (QED) is 0.856. The van der Waals surface area contributed by atoms with Gasteiger partial charge in [0.1, 0.15) is 0 Å². The van der Waals surface area contributed by atoms with Crippen molar-refractivity contribution in [3.8, 4) is 0 Å². The van der Waals surface area contributed by atoms with Gasteiger partial charge in [0, 0.05) is 11.1 Å². The smallest absolute Gasteiger partial charge is 0.230 e. The van der Waals surface area contributed by atoms with Crippen LogP contribution in [0.3, 0.4) is 0 Å². The topological polar surface area (TPSA) is 29.1 Å². The summed E-state index contributed by atoms with van der Waals surface area (Å²) in [6, 6.07) is 14.1. The van der Waals surface area contributed by atoms with Crippen LogP contribution in [0.1, 0.15) is 27.2 Å². The fraction of sp³-hybridized carbons (Fsp3) is 0.312. The van der Waals surface area contributed by atoms with Gasteiger partial charge in [0.2, 0.25) is 5.91 Å². The van der Waals surface area contributed by atoms with Crippen LogP contribution in [0.5, 0.6) is 0 Å². The van der Waals surface area contributed by atoms with Gasteiger partial charge in [0.05, 0.1) is 0 Å². The van der Waals surface area contributed by atoms with Gasteiger partial charge in [0.15, 0.2) is 0 Å². The fourth-order valence-corrected chi connectivity index (χ4v) is 1.73. The highest BCUT2D eigenvalue weighted by Crippen LogP contribution is 2.24. The Bertz CT molecular complexity index is 572. The van der Waals surface area contributed by atoms with E-state index in [1.54, 1.807) is 0 Å². The van der Waals surface area contributed by atoms with Crippen molar-refractivity contribution < 1.29 is 4.79 Å². The van der Waals surface area contributed by atoms with E-state index in [1.807, 2.05) is 51.1 Å². The van der Waals surface area contributed by atoms with Crippen LogP contribution in [0.2, 0.25) is 0 Å². The van der Waals surface area contributed by atoms with Crippen molar-refractivity contribution >= 4 is 22.4 Å². The summed E-state index contributed by atoms with van der Waals surface area (Å²) in [5.41, 5.74) is 0.534. The van der Waals surface area contributed by atoms with E-state index in [1.165, 1.54) is 5.39 Å². The molecule has 1 amide bonds. The van der Waals surface area contributed by atoms with E-state index < -0.39 is 0 Å². The number of nitrogens with one attached hydrogen (secondary N) is 1. The first kappa shape index (κ1) is 12.6. The molecule has 0 heterocycles. The summed E-state index contributed by atoms with van der Waals surface area (Å²) in [7, 11) is 0. The summed E-state index contributed by atoms with van der Waals surface area (Å²) in [5, 5.41) is 5.31. The average Bonchev–Trinajstić information content (AvgIpc) is 2.38. The number of hydrogen-bond donors (Lipinski definition) is 1. The molecule has 0 aliphatic carbocycles. The number of amides is 1. The molecule has 2 aromatic rings. The minimum Gasteiger partial charge on any atom is -0.326 e. The maximum Gasteiger partial charge on any atom is 0.230 e. The molecule has 0 aliphatic rings. The second-order valence-electron chi connectivity index (χ2n) is 5.25. The minimum atomic E-state index is -0.328. The predicted molar refractivity (Wildman–Crippen MR) is 76.6 cm³/mol. The van der Waals surface area contributed by atoms with Crippen molar-refractivity contribution in [2.45, 2.75) is 27.2 Å². The van der Waals surface area contributed by atoms with Gasteiger partial charge in [-0.2, -0.15) is 0 Å². The molecule has 18 heavy (non-hydrogen) atoms. The van der Waals surface area contributed by atoms with Crippen molar-refractivity contribution in [3.05, 3.63) is 42.5 Å². The molecule has 0 atom stereocenters. The molecule has 0 unspecified atom stereocenters. The van der Waals surface area contributed by atoms with E-state index in [9.17, 15) is 4.79 Å². The highest BCUT2D eigenvalue weighted by atomic mass is 16.2. The molecule has 0 fully saturated rings. The van der Waals surface area contributed by atoms with Gasteiger partial charge in [-0.1, -0.05) is 51.1 Å². The zero-order valence-corrected chi connectivity index (χ0v) is 11.2. The van der Waals surface area contributed by atoms with Crippen LogP contribution < -0.4 is 5.32 Å². The Labute approximate surface area is 108 Å². The maximum absolute atomic E-state index is 12.1. The molecule has 2 nitrogen and oxygen atoms in total. The van der Waals surface area contributed by atoms with E-state index in [-0.39, 0.29) is 11.3 Å². The van der Waals surface area contributed by atoms with Crippen molar-refractivity contribution in [1.82, 2.24) is 0 Å². The van der Waals surface area contributed by atoms with Gasteiger partial charge in [-0.15, -0.1) is 0 Å². The summed E-state index contributed by atoms with van der Waals surface area (Å²) >= 11 is 0. The van der Waals surface area contributed by atoms with Crippen molar-refractivity contribution in [2.75, 3.05) is 5.32 Å². The molecule has 2 aromatic carbocycles. The maximum atomic E-state index is 12.1. The summed E-state index contributed by atoms with van der Waals surface area (Å²) in [5.74, 6) is 0.0697. The van der Waals surface area contributed by atoms with Gasteiger partial charge >= 0.3 is 0 Å². The molecule has 0 saturated heterocycles. The Kier molecular flexibility index (Phi) is 3.37. The Morgan fingerprint density at radius 1 is 1.11 bits per heavy atom. The second kappa shape index (κ2) is 4.81. The summed E-state index contributed by atoms with van der Waals surface area (Å²) in [6.45, 7) is 5.95. The van der Waals surface area contributed by atoms with Gasteiger partial charge < -0.3 is 5.32 Å². The van der Waals surface area contributed by atoms with Crippen LogP contribution in [0.15, 0.2) is 42.5 Å².